The van der Waals surface area contributed by atoms with Gasteiger partial charge in [0.05, 0.1) is 24.0 Å². The van der Waals surface area contributed by atoms with Gasteiger partial charge in [-0.2, -0.15) is 10.2 Å². The smallest absolute Gasteiger partial charge is 0.251 e. The molecule has 1 N–H and O–H groups in total. The molecule has 0 spiro atoms. The average molecular weight is 380 g/mol. The minimum absolute atomic E-state index is 0.0757. The van der Waals surface area contributed by atoms with Gasteiger partial charge in [-0.05, 0) is 65.3 Å². The van der Waals surface area contributed by atoms with Gasteiger partial charge in [-0.1, -0.05) is 12.1 Å². The van der Waals surface area contributed by atoms with Crippen molar-refractivity contribution in [2.24, 2.45) is 0 Å². The summed E-state index contributed by atoms with van der Waals surface area (Å²) in [7, 11) is 0. The second-order valence-electron chi connectivity index (χ2n) is 7.38. The molecule has 0 unspecified atom stereocenters. The fourth-order valence-corrected chi connectivity index (χ4v) is 3.77. The summed E-state index contributed by atoms with van der Waals surface area (Å²) in [6.07, 6.45) is 0. The molecule has 148 valence electrons. The number of hydrogen-bond acceptors (Lipinski definition) is 3. The van der Waals surface area contributed by atoms with Crippen LogP contribution in [0.2, 0.25) is 0 Å². The first-order chi connectivity index (χ1) is 13.3. The topological polar surface area (TPSA) is 64.7 Å². The molecule has 0 saturated heterocycles. The molecule has 0 bridgehead atoms. The van der Waals surface area contributed by atoms with E-state index in [0.717, 1.165) is 40.4 Å². The number of aromatic nitrogens is 4. The first-order valence-corrected chi connectivity index (χ1v) is 9.75. The Morgan fingerprint density at radius 3 is 2.29 bits per heavy atom. The second-order valence-corrected chi connectivity index (χ2v) is 7.38. The number of carbonyl (C=O) groups excluding carboxylic acids is 1. The number of nitrogens with zero attached hydrogens (tertiary/aromatic N) is 4. The highest BCUT2D eigenvalue weighted by Gasteiger charge is 2.19. The predicted octanol–water partition coefficient (Wildman–Crippen LogP) is 3.87. The summed E-state index contributed by atoms with van der Waals surface area (Å²) < 4.78 is 3.95. The number of hydrogen-bond donors (Lipinski definition) is 1. The van der Waals surface area contributed by atoms with E-state index in [-0.39, 0.29) is 11.9 Å². The zero-order valence-electron chi connectivity index (χ0n) is 17.6. The normalized spacial score (nSPS) is 12.2. The molecule has 1 amide bonds. The minimum atomic E-state index is -0.0952. The molecule has 2 heterocycles. The number of carbonyl (C=O) groups is 1. The lowest BCUT2D eigenvalue weighted by atomic mass is 10.1. The molecular weight excluding hydrogens is 350 g/mol. The summed E-state index contributed by atoms with van der Waals surface area (Å²) in [4.78, 5) is 12.7. The molecule has 0 aliphatic heterocycles. The molecule has 0 fully saturated rings. The maximum absolute atomic E-state index is 12.7. The van der Waals surface area contributed by atoms with Crippen molar-refractivity contribution in [2.75, 3.05) is 0 Å². The maximum Gasteiger partial charge on any atom is 0.251 e. The predicted molar refractivity (Wildman–Crippen MR) is 111 cm³/mol. The molecule has 0 radical (unpaired) electrons. The lowest BCUT2D eigenvalue weighted by Gasteiger charge is -2.15. The van der Waals surface area contributed by atoms with Gasteiger partial charge in [0.15, 0.2) is 0 Å². The lowest BCUT2D eigenvalue weighted by Crippen LogP contribution is -2.27. The van der Waals surface area contributed by atoms with Gasteiger partial charge in [0.25, 0.3) is 5.91 Å². The van der Waals surface area contributed by atoms with Gasteiger partial charge in [0.1, 0.15) is 0 Å². The van der Waals surface area contributed by atoms with Crippen molar-refractivity contribution in [3.63, 3.8) is 0 Å². The van der Waals surface area contributed by atoms with Crippen LogP contribution in [0.1, 0.15) is 64.1 Å². The van der Waals surface area contributed by atoms with E-state index in [1.807, 2.05) is 61.3 Å². The molecule has 0 aliphatic carbocycles. The number of aryl methyl sites for hydroxylation is 4. The van der Waals surface area contributed by atoms with Crippen LogP contribution in [0.4, 0.5) is 0 Å². The molecule has 1 aromatic carbocycles. The van der Waals surface area contributed by atoms with Gasteiger partial charge in [0.2, 0.25) is 0 Å². The Balaban J connectivity index is 1.69. The van der Waals surface area contributed by atoms with Crippen molar-refractivity contribution >= 4 is 5.91 Å². The summed E-state index contributed by atoms with van der Waals surface area (Å²) in [6, 6.07) is 9.69. The van der Waals surface area contributed by atoms with E-state index < -0.39 is 0 Å². The van der Waals surface area contributed by atoms with Crippen molar-refractivity contribution in [3.05, 3.63) is 69.8 Å². The van der Waals surface area contributed by atoms with Gasteiger partial charge in [-0.3, -0.25) is 14.2 Å². The largest absolute Gasteiger partial charge is 0.345 e. The molecule has 6 heteroatoms. The molecule has 3 rings (SSSR count). The van der Waals surface area contributed by atoms with Gasteiger partial charge in [-0.15, -0.1) is 0 Å². The Morgan fingerprint density at radius 2 is 1.75 bits per heavy atom. The Labute approximate surface area is 166 Å². The fourth-order valence-electron chi connectivity index (χ4n) is 3.77. The standard InChI is InChI=1S/C22H29N5O/c1-7-26-18(6)21(17(5)25-26)16(4)23-22(28)20-10-8-19(9-11-20)13-27-15(3)12-14(2)24-27/h8-12,16H,7,13H2,1-6H3,(H,23,28)/t16-/m0/s1. The van der Waals surface area contributed by atoms with Gasteiger partial charge >= 0.3 is 0 Å². The van der Waals surface area contributed by atoms with Crippen LogP contribution >= 0.6 is 0 Å². The molecular formula is C22H29N5O. The first-order valence-electron chi connectivity index (χ1n) is 9.75. The van der Waals surface area contributed by atoms with E-state index in [2.05, 4.69) is 35.4 Å². The summed E-state index contributed by atoms with van der Waals surface area (Å²) in [6.45, 7) is 13.7. The van der Waals surface area contributed by atoms with E-state index in [0.29, 0.717) is 12.1 Å². The number of nitrogens with one attached hydrogen (secondary N) is 1. The van der Waals surface area contributed by atoms with Crippen LogP contribution in [0, 0.1) is 27.7 Å². The molecule has 0 aliphatic rings. The molecule has 1 atom stereocenters. The monoisotopic (exact) mass is 379 g/mol. The van der Waals surface area contributed by atoms with Gasteiger partial charge in [0, 0.05) is 29.1 Å². The van der Waals surface area contributed by atoms with Crippen molar-refractivity contribution in [3.8, 4) is 0 Å². The van der Waals surface area contributed by atoms with Crippen LogP contribution in [0.5, 0.6) is 0 Å². The van der Waals surface area contributed by atoms with Gasteiger partial charge in [-0.25, -0.2) is 0 Å². The third kappa shape index (κ3) is 4.01. The number of amides is 1. The average Bonchev–Trinajstić information content (AvgIpc) is 3.12. The lowest BCUT2D eigenvalue weighted by molar-refractivity contribution is 0.0939. The molecule has 2 aromatic heterocycles. The summed E-state index contributed by atoms with van der Waals surface area (Å²) in [5.74, 6) is -0.0757. The van der Waals surface area contributed by atoms with Crippen molar-refractivity contribution in [1.82, 2.24) is 24.9 Å². The van der Waals surface area contributed by atoms with E-state index >= 15 is 0 Å². The summed E-state index contributed by atoms with van der Waals surface area (Å²) >= 11 is 0. The van der Waals surface area contributed by atoms with Crippen LogP contribution in [-0.2, 0) is 13.1 Å². The molecule has 28 heavy (non-hydrogen) atoms. The molecule has 3 aromatic rings. The van der Waals surface area contributed by atoms with Crippen LogP contribution in [-0.4, -0.2) is 25.5 Å². The summed E-state index contributed by atoms with van der Waals surface area (Å²) in [5, 5.41) is 12.1. The Bertz CT molecular complexity index is 981. The third-order valence-electron chi connectivity index (χ3n) is 5.17. The number of rotatable bonds is 6. The van der Waals surface area contributed by atoms with Crippen molar-refractivity contribution < 1.29 is 4.79 Å². The minimum Gasteiger partial charge on any atom is -0.345 e. The zero-order chi connectivity index (χ0) is 20.4. The Morgan fingerprint density at radius 1 is 1.07 bits per heavy atom. The van der Waals surface area contributed by atoms with E-state index in [1.54, 1.807) is 0 Å². The zero-order valence-corrected chi connectivity index (χ0v) is 17.6. The highest BCUT2D eigenvalue weighted by molar-refractivity contribution is 5.94. The van der Waals surface area contributed by atoms with Crippen molar-refractivity contribution in [2.45, 2.75) is 60.7 Å². The SMILES string of the molecule is CCn1nc(C)c([C@H](C)NC(=O)c2ccc(Cn3nc(C)cc3C)cc2)c1C. The maximum atomic E-state index is 12.7. The van der Waals surface area contributed by atoms with E-state index in [9.17, 15) is 4.79 Å². The quantitative estimate of drug-likeness (QED) is 0.707. The first kappa shape index (κ1) is 19.9. The highest BCUT2D eigenvalue weighted by atomic mass is 16.1. The van der Waals surface area contributed by atoms with Crippen LogP contribution in [0.25, 0.3) is 0 Å². The fraction of sp³-hybridized carbons (Fsp3) is 0.409. The molecule has 0 saturated carbocycles. The second kappa shape index (κ2) is 8.00. The van der Waals surface area contributed by atoms with Crippen molar-refractivity contribution in [1.29, 1.82) is 0 Å². The number of benzene rings is 1. The van der Waals surface area contributed by atoms with Crippen LogP contribution in [0.3, 0.4) is 0 Å². The van der Waals surface area contributed by atoms with Crippen LogP contribution < -0.4 is 5.32 Å². The Kier molecular flexibility index (Phi) is 5.68. The Hall–Kier alpha value is -2.89. The van der Waals surface area contributed by atoms with E-state index in [1.165, 1.54) is 0 Å². The van der Waals surface area contributed by atoms with Crippen LogP contribution in [0.15, 0.2) is 30.3 Å². The summed E-state index contributed by atoms with van der Waals surface area (Å²) in [5.41, 5.74) is 7.08. The highest BCUT2D eigenvalue weighted by Crippen LogP contribution is 2.22. The third-order valence-corrected chi connectivity index (χ3v) is 5.17. The molecule has 6 nitrogen and oxygen atoms in total. The van der Waals surface area contributed by atoms with E-state index in [4.69, 9.17) is 0 Å². The van der Waals surface area contributed by atoms with Gasteiger partial charge < -0.3 is 5.32 Å².